The van der Waals surface area contributed by atoms with Gasteiger partial charge < -0.3 is 10.1 Å². The molecule has 0 atom stereocenters. The molecule has 0 bridgehead atoms. The molecule has 5 nitrogen and oxygen atoms in total. The van der Waals surface area contributed by atoms with Crippen molar-refractivity contribution >= 4 is 17.3 Å². The van der Waals surface area contributed by atoms with Gasteiger partial charge in [0.15, 0.2) is 0 Å². The molecule has 0 radical (unpaired) electrons. The smallest absolute Gasteiger partial charge is 0.211 e. The molecule has 34 heavy (non-hydrogen) atoms. The molecule has 0 amide bonds. The lowest BCUT2D eigenvalue weighted by atomic mass is 9.99. The van der Waals surface area contributed by atoms with Crippen LogP contribution in [-0.2, 0) is 0 Å². The third-order valence-electron chi connectivity index (χ3n) is 5.08. The first-order valence-corrected chi connectivity index (χ1v) is 12.0. The van der Waals surface area contributed by atoms with Crippen molar-refractivity contribution in [2.45, 2.75) is 65.8 Å². The Hall–Kier alpha value is -3.47. The molecule has 1 aliphatic carbocycles. The van der Waals surface area contributed by atoms with Crippen molar-refractivity contribution in [3.8, 4) is 11.5 Å². The molecular weight excluding hydrogens is 422 g/mol. The normalized spacial score (nSPS) is 14.1. The first-order chi connectivity index (χ1) is 16.4. The van der Waals surface area contributed by atoms with E-state index in [0.29, 0.717) is 28.5 Å². The lowest BCUT2D eigenvalue weighted by Gasteiger charge is -2.16. The maximum Gasteiger partial charge on any atom is 0.211 e. The number of aliphatic imine (C=N–C) groups is 1. The van der Waals surface area contributed by atoms with E-state index in [9.17, 15) is 4.79 Å². The van der Waals surface area contributed by atoms with Crippen LogP contribution in [0.5, 0.6) is 11.5 Å². The number of hydrogen-bond acceptors (Lipinski definition) is 4. The van der Waals surface area contributed by atoms with E-state index in [2.05, 4.69) is 25.7 Å². The van der Waals surface area contributed by atoms with Gasteiger partial charge in [0.1, 0.15) is 23.0 Å². The summed E-state index contributed by atoms with van der Waals surface area (Å²) in [6.45, 7) is 11.8. The quantitative estimate of drug-likeness (QED) is 0.244. The molecule has 0 saturated heterocycles. The van der Waals surface area contributed by atoms with Crippen LogP contribution in [0.4, 0.5) is 0 Å². The lowest BCUT2D eigenvalue weighted by Crippen LogP contribution is -2.31. The summed E-state index contributed by atoms with van der Waals surface area (Å²) in [5.74, 6) is 1.39. The number of carbonyl (C=O) groups is 1. The van der Waals surface area contributed by atoms with Crippen molar-refractivity contribution in [2.24, 2.45) is 4.99 Å². The Morgan fingerprint density at radius 2 is 1.74 bits per heavy atom. The Bertz CT molecular complexity index is 1030. The monoisotopic (exact) mass is 459 g/mol. The van der Waals surface area contributed by atoms with E-state index in [1.807, 2.05) is 44.2 Å². The van der Waals surface area contributed by atoms with E-state index in [0.717, 1.165) is 31.4 Å². The number of rotatable bonds is 8. The second-order valence-corrected chi connectivity index (χ2v) is 8.38. The Labute approximate surface area is 204 Å². The number of para-hydroxylation sites is 1. The number of amidine groups is 1. The Balaban J connectivity index is 0.00000129. The van der Waals surface area contributed by atoms with Gasteiger partial charge in [-0.05, 0) is 51.0 Å². The van der Waals surface area contributed by atoms with E-state index >= 15 is 0 Å². The van der Waals surface area contributed by atoms with Crippen molar-refractivity contribution in [2.75, 3.05) is 0 Å². The van der Waals surface area contributed by atoms with E-state index in [1.54, 1.807) is 30.3 Å². The average molecular weight is 460 g/mol. The predicted molar refractivity (Wildman–Crippen MR) is 142 cm³/mol. The summed E-state index contributed by atoms with van der Waals surface area (Å²) in [7, 11) is 0. The first-order valence-electron chi connectivity index (χ1n) is 12.0. The molecule has 1 aliphatic rings. The number of Topliss-reactive ketones (excluding diaryl/α,β-unsaturated/α-hetero) is 1. The summed E-state index contributed by atoms with van der Waals surface area (Å²) in [5.41, 5.74) is 1.49. The van der Waals surface area contributed by atoms with Gasteiger partial charge in [-0.2, -0.15) is 0 Å². The number of ether oxygens (including phenoxy) is 1. The van der Waals surface area contributed by atoms with E-state index in [-0.39, 0.29) is 17.5 Å². The third kappa shape index (κ3) is 8.14. The fourth-order valence-corrected chi connectivity index (χ4v) is 3.58. The summed E-state index contributed by atoms with van der Waals surface area (Å²) >= 11 is 0. The molecule has 2 N–H and O–H groups in total. The minimum atomic E-state index is -0.380. The Kier molecular flexibility index (Phi) is 11.0. The SMILES string of the molecule is C=C(C)NC(=NC1CCCC1)/C(=C\C)C(=N)C(=O)c1cccc(Oc2ccccc2)c1.CCC. The van der Waals surface area contributed by atoms with Crippen LogP contribution >= 0.6 is 0 Å². The van der Waals surface area contributed by atoms with Crippen molar-refractivity contribution in [1.29, 1.82) is 5.41 Å². The molecule has 0 spiro atoms. The fourth-order valence-electron chi connectivity index (χ4n) is 3.58. The molecule has 0 unspecified atom stereocenters. The van der Waals surface area contributed by atoms with E-state index in [4.69, 9.17) is 15.1 Å². The van der Waals surface area contributed by atoms with Gasteiger partial charge >= 0.3 is 0 Å². The number of hydrogen-bond donors (Lipinski definition) is 2. The van der Waals surface area contributed by atoms with E-state index < -0.39 is 0 Å². The minimum absolute atomic E-state index is 0.107. The van der Waals surface area contributed by atoms with E-state index in [1.165, 1.54) is 6.42 Å². The van der Waals surface area contributed by atoms with Crippen LogP contribution in [0.2, 0.25) is 0 Å². The molecule has 1 saturated carbocycles. The zero-order valence-electron chi connectivity index (χ0n) is 20.9. The molecule has 3 rings (SSSR count). The zero-order chi connectivity index (χ0) is 24.9. The van der Waals surface area contributed by atoms with Gasteiger partial charge in [-0.15, -0.1) is 0 Å². The maximum absolute atomic E-state index is 13.2. The average Bonchev–Trinajstić information content (AvgIpc) is 3.33. The highest BCUT2D eigenvalue weighted by Gasteiger charge is 2.23. The number of carbonyl (C=O) groups excluding carboxylic acids is 1. The van der Waals surface area contributed by atoms with Crippen LogP contribution in [0.3, 0.4) is 0 Å². The maximum atomic E-state index is 13.2. The Morgan fingerprint density at radius 1 is 1.12 bits per heavy atom. The number of benzene rings is 2. The van der Waals surface area contributed by atoms with Gasteiger partial charge in [0.2, 0.25) is 5.78 Å². The summed E-state index contributed by atoms with van der Waals surface area (Å²) in [5, 5.41) is 11.8. The van der Waals surface area contributed by atoms with Crippen LogP contribution in [0.25, 0.3) is 0 Å². The van der Waals surface area contributed by atoms with Crippen molar-refractivity contribution in [3.05, 3.63) is 84.1 Å². The third-order valence-corrected chi connectivity index (χ3v) is 5.08. The zero-order valence-corrected chi connectivity index (χ0v) is 20.9. The van der Waals surface area contributed by atoms with Gasteiger partial charge in [0, 0.05) is 16.8 Å². The summed E-state index contributed by atoms with van der Waals surface area (Å²) < 4.78 is 5.84. The number of nitrogens with zero attached hydrogens (tertiary/aromatic N) is 1. The molecule has 2 aromatic rings. The highest BCUT2D eigenvalue weighted by atomic mass is 16.5. The molecule has 5 heteroatoms. The molecule has 1 fully saturated rings. The number of nitrogens with one attached hydrogen (secondary N) is 2. The highest BCUT2D eigenvalue weighted by Crippen LogP contribution is 2.24. The molecular formula is C29H37N3O2. The summed E-state index contributed by atoms with van der Waals surface area (Å²) in [6, 6.07) is 16.5. The standard InChI is InChI=1S/C26H29N3O2.C3H8/c1-4-23(26(28-18(2)3)29-20-12-8-9-13-20)24(27)25(30)19-11-10-16-22(17-19)31-21-14-6-5-7-15-21;1-3-2/h4-7,10-11,14-17,20,27H,2,8-9,12-13H2,1,3H3,(H,28,29);3H2,1-2H3/b23-4-,27-24?;. The van der Waals surface area contributed by atoms with Crippen LogP contribution in [-0.4, -0.2) is 23.4 Å². The largest absolute Gasteiger partial charge is 0.457 e. The first kappa shape index (κ1) is 26.8. The van der Waals surface area contributed by atoms with Gasteiger partial charge in [-0.25, -0.2) is 0 Å². The minimum Gasteiger partial charge on any atom is -0.457 e. The van der Waals surface area contributed by atoms with Crippen LogP contribution in [0.15, 0.2) is 83.5 Å². The van der Waals surface area contributed by atoms with Gasteiger partial charge in [0.05, 0.1) is 6.04 Å². The molecule has 0 aliphatic heterocycles. The lowest BCUT2D eigenvalue weighted by molar-refractivity contribution is 0.106. The van der Waals surface area contributed by atoms with Crippen LogP contribution in [0.1, 0.15) is 70.2 Å². The van der Waals surface area contributed by atoms with Gasteiger partial charge in [-0.1, -0.05) is 76.1 Å². The van der Waals surface area contributed by atoms with Crippen molar-refractivity contribution in [3.63, 3.8) is 0 Å². The van der Waals surface area contributed by atoms with Gasteiger partial charge in [0.25, 0.3) is 0 Å². The highest BCUT2D eigenvalue weighted by molar-refractivity contribution is 6.55. The molecule has 180 valence electrons. The molecule has 2 aromatic carbocycles. The van der Waals surface area contributed by atoms with Crippen molar-refractivity contribution in [1.82, 2.24) is 5.32 Å². The van der Waals surface area contributed by atoms with Crippen LogP contribution < -0.4 is 10.1 Å². The molecule has 0 aromatic heterocycles. The second-order valence-electron chi connectivity index (χ2n) is 8.38. The predicted octanol–water partition coefficient (Wildman–Crippen LogP) is 7.51. The summed E-state index contributed by atoms with van der Waals surface area (Å²) in [6.07, 6.45) is 7.37. The second kappa shape index (κ2) is 13.9. The number of allylic oxidation sites excluding steroid dienone is 2. The number of ketones is 1. The summed E-state index contributed by atoms with van der Waals surface area (Å²) in [4.78, 5) is 18.0. The molecule has 0 heterocycles. The van der Waals surface area contributed by atoms with Gasteiger partial charge in [-0.3, -0.25) is 15.2 Å². The van der Waals surface area contributed by atoms with Crippen molar-refractivity contribution < 1.29 is 9.53 Å². The van der Waals surface area contributed by atoms with Crippen LogP contribution in [0, 0.1) is 5.41 Å². The fraction of sp³-hybridized carbons (Fsp3) is 0.345. The Morgan fingerprint density at radius 3 is 2.32 bits per heavy atom. The topological polar surface area (TPSA) is 74.5 Å².